The number of nitrogens with zero attached hydrogens (tertiary/aromatic N) is 3. The number of benzene rings is 2. The Morgan fingerprint density at radius 2 is 1.73 bits per heavy atom. The van der Waals surface area contributed by atoms with E-state index in [0.29, 0.717) is 6.54 Å². The third-order valence-corrected chi connectivity index (χ3v) is 5.64. The number of aliphatic hydroxyl groups excluding tert-OH is 1. The second kappa shape index (κ2) is 6.29. The number of pyridine rings is 1. The van der Waals surface area contributed by atoms with E-state index in [1.165, 1.54) is 22.2 Å². The largest absolute Gasteiger partial charge is 0.391 e. The molecule has 1 atom stereocenters. The third-order valence-electron chi connectivity index (χ3n) is 5.64. The molecule has 2 aliphatic rings. The number of hydrogen-bond donors (Lipinski definition) is 1. The molecule has 2 aromatic carbocycles. The van der Waals surface area contributed by atoms with Crippen LogP contribution < -0.4 is 9.80 Å². The van der Waals surface area contributed by atoms with Gasteiger partial charge in [-0.25, -0.2) is 4.98 Å². The molecule has 0 saturated carbocycles. The Bertz CT molecular complexity index is 955. The van der Waals surface area contributed by atoms with Crippen LogP contribution in [0.5, 0.6) is 0 Å². The molecular weight excluding hydrogens is 322 g/mol. The van der Waals surface area contributed by atoms with Crippen molar-refractivity contribution in [1.82, 2.24) is 4.98 Å². The molecule has 1 N–H and O–H groups in total. The summed E-state index contributed by atoms with van der Waals surface area (Å²) in [6.45, 7) is 3.50. The molecule has 2 aliphatic heterocycles. The number of aliphatic hydroxyl groups is 1. The molecule has 4 nitrogen and oxygen atoms in total. The fraction of sp³-hybridized carbons (Fsp3) is 0.318. The Hall–Kier alpha value is -2.59. The maximum absolute atomic E-state index is 9.92. The Kier molecular flexibility index (Phi) is 3.79. The van der Waals surface area contributed by atoms with Crippen molar-refractivity contribution < 1.29 is 5.11 Å². The van der Waals surface area contributed by atoms with Crippen LogP contribution in [0.3, 0.4) is 0 Å². The van der Waals surface area contributed by atoms with Gasteiger partial charge in [-0.05, 0) is 30.0 Å². The highest BCUT2D eigenvalue weighted by molar-refractivity contribution is 5.93. The minimum Gasteiger partial charge on any atom is -0.391 e. The summed E-state index contributed by atoms with van der Waals surface area (Å²) in [6.07, 6.45) is 1.65. The number of fused-ring (bicyclic) bond motifs is 2. The summed E-state index contributed by atoms with van der Waals surface area (Å²) in [7, 11) is 0. The van der Waals surface area contributed by atoms with Crippen LogP contribution in [0, 0.1) is 0 Å². The third kappa shape index (κ3) is 2.71. The molecule has 1 fully saturated rings. The van der Waals surface area contributed by atoms with Crippen LogP contribution in [-0.2, 0) is 13.0 Å². The van der Waals surface area contributed by atoms with Gasteiger partial charge in [0.25, 0.3) is 0 Å². The summed E-state index contributed by atoms with van der Waals surface area (Å²) in [5, 5.41) is 11.1. The highest BCUT2D eigenvalue weighted by Gasteiger charge is 2.24. The van der Waals surface area contributed by atoms with Crippen molar-refractivity contribution in [2.24, 2.45) is 0 Å². The Morgan fingerprint density at radius 3 is 2.58 bits per heavy atom. The minimum atomic E-state index is -0.242. The van der Waals surface area contributed by atoms with E-state index in [9.17, 15) is 5.11 Å². The molecule has 0 aliphatic carbocycles. The first-order chi connectivity index (χ1) is 12.8. The first-order valence-electron chi connectivity index (χ1n) is 9.42. The first kappa shape index (κ1) is 15.6. The van der Waals surface area contributed by atoms with Crippen molar-refractivity contribution in [2.75, 3.05) is 29.4 Å². The van der Waals surface area contributed by atoms with Crippen molar-refractivity contribution in [3.63, 3.8) is 0 Å². The summed E-state index contributed by atoms with van der Waals surface area (Å²) >= 11 is 0. The molecule has 0 unspecified atom stereocenters. The lowest BCUT2D eigenvalue weighted by molar-refractivity contribution is 0.198. The van der Waals surface area contributed by atoms with E-state index in [-0.39, 0.29) is 6.10 Å². The predicted molar refractivity (Wildman–Crippen MR) is 106 cm³/mol. The summed E-state index contributed by atoms with van der Waals surface area (Å²) in [4.78, 5) is 9.56. The van der Waals surface area contributed by atoms with Crippen LogP contribution >= 0.6 is 0 Å². The molecule has 0 spiro atoms. The van der Waals surface area contributed by atoms with Gasteiger partial charge in [0.2, 0.25) is 0 Å². The van der Waals surface area contributed by atoms with Gasteiger partial charge >= 0.3 is 0 Å². The van der Waals surface area contributed by atoms with Crippen molar-refractivity contribution in [3.05, 3.63) is 65.7 Å². The smallest absolute Gasteiger partial charge is 0.131 e. The van der Waals surface area contributed by atoms with E-state index in [0.717, 1.165) is 43.8 Å². The number of rotatable bonds is 2. The topological polar surface area (TPSA) is 39.6 Å². The Labute approximate surface area is 153 Å². The van der Waals surface area contributed by atoms with Crippen LogP contribution in [0.4, 0.5) is 11.5 Å². The number of hydrogen-bond acceptors (Lipinski definition) is 4. The molecule has 3 heterocycles. The molecule has 1 saturated heterocycles. The molecule has 3 aromatic rings. The molecule has 26 heavy (non-hydrogen) atoms. The molecule has 0 radical (unpaired) electrons. The zero-order valence-electron chi connectivity index (χ0n) is 14.8. The molecule has 0 bridgehead atoms. The lowest BCUT2D eigenvalue weighted by atomic mass is 9.99. The van der Waals surface area contributed by atoms with Gasteiger partial charge in [-0.3, -0.25) is 0 Å². The summed E-state index contributed by atoms with van der Waals surface area (Å²) < 4.78 is 0. The second-order valence-corrected chi connectivity index (χ2v) is 7.35. The fourth-order valence-electron chi connectivity index (χ4n) is 4.22. The highest BCUT2D eigenvalue weighted by atomic mass is 16.3. The van der Waals surface area contributed by atoms with E-state index in [1.54, 1.807) is 0 Å². The Balaban J connectivity index is 1.58. The van der Waals surface area contributed by atoms with E-state index in [1.807, 2.05) is 6.07 Å². The molecule has 4 heteroatoms. The zero-order valence-corrected chi connectivity index (χ0v) is 14.8. The van der Waals surface area contributed by atoms with Crippen LogP contribution in [0.1, 0.15) is 17.5 Å². The van der Waals surface area contributed by atoms with E-state index < -0.39 is 0 Å². The standard InChI is InChI=1S/C22H23N3O/c26-18-10-12-25(15-18)22-13-21(19-7-3-4-8-20(19)23-22)24-11-9-16-5-1-2-6-17(16)14-24/h1-8,13,18,26H,9-12,14-15H2/t18-/m1/s1. The number of β-amino-alcohol motifs (C(OH)–C–C–N with tert-alkyl or cyclic N) is 1. The number of para-hydroxylation sites is 1. The normalized spacial score (nSPS) is 19.8. The van der Waals surface area contributed by atoms with Gasteiger partial charge in [-0.1, -0.05) is 42.5 Å². The van der Waals surface area contributed by atoms with Crippen molar-refractivity contribution >= 4 is 22.4 Å². The van der Waals surface area contributed by atoms with Gasteiger partial charge in [0.1, 0.15) is 5.82 Å². The lowest BCUT2D eigenvalue weighted by Crippen LogP contribution is -2.31. The first-order valence-corrected chi connectivity index (χ1v) is 9.42. The zero-order chi connectivity index (χ0) is 17.5. The molecule has 0 amide bonds. The fourth-order valence-corrected chi connectivity index (χ4v) is 4.22. The average Bonchev–Trinajstić information content (AvgIpc) is 3.13. The maximum atomic E-state index is 9.92. The van der Waals surface area contributed by atoms with Crippen LogP contribution in [0.15, 0.2) is 54.6 Å². The van der Waals surface area contributed by atoms with Gasteiger partial charge < -0.3 is 14.9 Å². The van der Waals surface area contributed by atoms with E-state index in [4.69, 9.17) is 4.98 Å². The molecular formula is C22H23N3O. The van der Waals surface area contributed by atoms with E-state index >= 15 is 0 Å². The van der Waals surface area contributed by atoms with Crippen molar-refractivity contribution in [3.8, 4) is 0 Å². The molecule has 1 aromatic heterocycles. The molecule has 132 valence electrons. The minimum absolute atomic E-state index is 0.242. The van der Waals surface area contributed by atoms with Crippen molar-refractivity contribution in [2.45, 2.75) is 25.5 Å². The van der Waals surface area contributed by atoms with Gasteiger partial charge in [0.05, 0.1) is 17.3 Å². The predicted octanol–water partition coefficient (Wildman–Crippen LogP) is 3.37. The quantitative estimate of drug-likeness (QED) is 0.773. The monoisotopic (exact) mass is 345 g/mol. The summed E-state index contributed by atoms with van der Waals surface area (Å²) in [6, 6.07) is 19.4. The SMILES string of the molecule is O[C@@H]1CCN(c2cc(N3CCc4ccccc4C3)c3ccccc3n2)C1. The van der Waals surface area contributed by atoms with Gasteiger partial charge in [0, 0.05) is 37.6 Å². The Morgan fingerprint density at radius 1 is 0.923 bits per heavy atom. The average molecular weight is 345 g/mol. The van der Waals surface area contributed by atoms with Gasteiger partial charge in [0.15, 0.2) is 0 Å². The summed E-state index contributed by atoms with van der Waals surface area (Å²) in [5.41, 5.74) is 5.16. The van der Waals surface area contributed by atoms with Crippen LogP contribution in [-0.4, -0.2) is 35.8 Å². The van der Waals surface area contributed by atoms with Crippen LogP contribution in [0.25, 0.3) is 10.9 Å². The van der Waals surface area contributed by atoms with Gasteiger partial charge in [-0.2, -0.15) is 0 Å². The number of anilines is 2. The number of aromatic nitrogens is 1. The maximum Gasteiger partial charge on any atom is 0.131 e. The lowest BCUT2D eigenvalue weighted by Gasteiger charge is -2.32. The second-order valence-electron chi connectivity index (χ2n) is 7.35. The molecule has 5 rings (SSSR count). The van der Waals surface area contributed by atoms with E-state index in [2.05, 4.69) is 58.3 Å². The summed E-state index contributed by atoms with van der Waals surface area (Å²) in [5.74, 6) is 0.981. The highest BCUT2D eigenvalue weighted by Crippen LogP contribution is 2.34. The van der Waals surface area contributed by atoms with Crippen molar-refractivity contribution in [1.29, 1.82) is 0 Å². The van der Waals surface area contributed by atoms with Gasteiger partial charge in [-0.15, -0.1) is 0 Å². The van der Waals surface area contributed by atoms with Crippen LogP contribution in [0.2, 0.25) is 0 Å².